The van der Waals surface area contributed by atoms with Gasteiger partial charge in [-0.25, -0.2) is 4.79 Å². The van der Waals surface area contributed by atoms with E-state index in [1.54, 1.807) is 12.1 Å². The second-order valence-corrected chi connectivity index (χ2v) is 11.1. The highest BCUT2D eigenvalue weighted by molar-refractivity contribution is 6.37. The first-order chi connectivity index (χ1) is 19.9. The van der Waals surface area contributed by atoms with Gasteiger partial charge in [-0.1, -0.05) is 36.4 Å². The first kappa shape index (κ1) is 26.8. The Bertz CT molecular complexity index is 1540. The van der Waals surface area contributed by atoms with Crippen LogP contribution < -0.4 is 15.5 Å². The van der Waals surface area contributed by atoms with Crippen molar-refractivity contribution in [3.05, 3.63) is 89.0 Å². The third kappa shape index (κ3) is 5.47. The second-order valence-electron chi connectivity index (χ2n) is 11.1. The van der Waals surface area contributed by atoms with Gasteiger partial charge in [0, 0.05) is 23.5 Å². The number of likely N-dealkylation sites (N-methyl/N-ethyl adjacent to an activating group) is 1. The van der Waals surface area contributed by atoms with Gasteiger partial charge in [-0.2, -0.15) is 0 Å². The number of hydrogen-bond acceptors (Lipinski definition) is 6. The molecule has 41 heavy (non-hydrogen) atoms. The van der Waals surface area contributed by atoms with Crippen LogP contribution in [-0.2, 0) is 20.7 Å². The average molecular weight is 551 g/mol. The number of rotatable bonds is 7. The van der Waals surface area contributed by atoms with Gasteiger partial charge in [0.25, 0.3) is 5.91 Å². The summed E-state index contributed by atoms with van der Waals surface area (Å²) < 4.78 is 5.68. The number of carbonyl (C=O) groups is 3. The summed E-state index contributed by atoms with van der Waals surface area (Å²) >= 11 is 0. The van der Waals surface area contributed by atoms with Gasteiger partial charge in [0.05, 0.1) is 29.1 Å². The minimum atomic E-state index is -0.357. The lowest BCUT2D eigenvalue weighted by atomic mass is 9.99. The van der Waals surface area contributed by atoms with Gasteiger partial charge in [-0.05, 0) is 87.7 Å². The Balaban J connectivity index is 1.32. The van der Waals surface area contributed by atoms with E-state index in [-0.39, 0.29) is 23.9 Å². The second kappa shape index (κ2) is 11.2. The molecular weight excluding hydrogens is 516 g/mol. The third-order valence-corrected chi connectivity index (χ3v) is 7.89. The van der Waals surface area contributed by atoms with Crippen molar-refractivity contribution in [1.29, 1.82) is 0 Å². The number of nitrogens with one attached hydrogen (secondary N) is 2. The van der Waals surface area contributed by atoms with Crippen LogP contribution in [0.1, 0.15) is 52.7 Å². The molecule has 2 heterocycles. The monoisotopic (exact) mass is 550 g/mol. The van der Waals surface area contributed by atoms with E-state index in [1.165, 1.54) is 0 Å². The quantitative estimate of drug-likeness (QED) is 0.312. The zero-order valence-corrected chi connectivity index (χ0v) is 23.4. The van der Waals surface area contributed by atoms with Crippen molar-refractivity contribution in [3.63, 3.8) is 0 Å². The SMILES string of the molecule is CN(C)CC(=O)N1CCc2cc(N/C(=C3\C(=O)Nc4cc(C(=O)OC5CCCC5)ccc43)c3ccccc3)ccc21. The first-order valence-corrected chi connectivity index (χ1v) is 14.2. The van der Waals surface area contributed by atoms with Crippen LogP contribution in [0, 0.1) is 0 Å². The van der Waals surface area contributed by atoms with Crippen LogP contribution in [0.5, 0.6) is 0 Å². The smallest absolute Gasteiger partial charge is 0.338 e. The van der Waals surface area contributed by atoms with Crippen LogP contribution in [0.15, 0.2) is 66.7 Å². The number of amides is 2. The molecule has 3 aromatic rings. The van der Waals surface area contributed by atoms with E-state index >= 15 is 0 Å². The van der Waals surface area contributed by atoms with Gasteiger partial charge >= 0.3 is 5.97 Å². The zero-order valence-electron chi connectivity index (χ0n) is 23.4. The van der Waals surface area contributed by atoms with E-state index in [0.29, 0.717) is 35.6 Å². The summed E-state index contributed by atoms with van der Waals surface area (Å²) in [6.45, 7) is 1.01. The Morgan fingerprint density at radius 1 is 1.00 bits per heavy atom. The number of nitrogens with zero attached hydrogens (tertiary/aromatic N) is 2. The minimum absolute atomic E-state index is 0.0276. The van der Waals surface area contributed by atoms with Gasteiger partial charge in [0.1, 0.15) is 6.10 Å². The molecule has 1 aliphatic carbocycles. The van der Waals surface area contributed by atoms with Crippen LogP contribution in [0.3, 0.4) is 0 Å². The van der Waals surface area contributed by atoms with Crippen LogP contribution >= 0.6 is 0 Å². The number of benzene rings is 3. The highest BCUT2D eigenvalue weighted by Crippen LogP contribution is 2.39. The first-order valence-electron chi connectivity index (χ1n) is 14.2. The highest BCUT2D eigenvalue weighted by atomic mass is 16.5. The van der Waals surface area contributed by atoms with Gasteiger partial charge in [0.15, 0.2) is 0 Å². The lowest BCUT2D eigenvalue weighted by Crippen LogP contribution is -2.36. The maximum absolute atomic E-state index is 13.4. The summed E-state index contributed by atoms with van der Waals surface area (Å²) in [5, 5.41) is 6.47. The number of esters is 1. The Kier molecular flexibility index (Phi) is 7.32. The number of hydrogen-bond donors (Lipinski definition) is 2. The predicted molar refractivity (Wildman–Crippen MR) is 161 cm³/mol. The molecule has 0 bridgehead atoms. The minimum Gasteiger partial charge on any atom is -0.459 e. The largest absolute Gasteiger partial charge is 0.459 e. The molecule has 8 heteroatoms. The van der Waals surface area contributed by atoms with Crippen LogP contribution in [0.4, 0.5) is 17.1 Å². The molecule has 0 spiro atoms. The molecule has 6 rings (SSSR count). The maximum Gasteiger partial charge on any atom is 0.338 e. The van der Waals surface area contributed by atoms with Crippen molar-refractivity contribution < 1.29 is 19.1 Å². The van der Waals surface area contributed by atoms with Gasteiger partial charge in [-0.3, -0.25) is 9.59 Å². The van der Waals surface area contributed by atoms with Gasteiger partial charge < -0.3 is 25.2 Å². The van der Waals surface area contributed by atoms with Crippen LogP contribution in [-0.4, -0.2) is 56.0 Å². The highest BCUT2D eigenvalue weighted by Gasteiger charge is 2.31. The number of fused-ring (bicyclic) bond motifs is 2. The Hall–Kier alpha value is -4.43. The molecule has 0 unspecified atom stereocenters. The summed E-state index contributed by atoms with van der Waals surface area (Å²) in [5.41, 5.74) is 6.61. The van der Waals surface area contributed by atoms with E-state index in [0.717, 1.165) is 60.2 Å². The van der Waals surface area contributed by atoms with Crippen molar-refractivity contribution in [3.8, 4) is 0 Å². The maximum atomic E-state index is 13.4. The predicted octanol–water partition coefficient (Wildman–Crippen LogP) is 5.17. The number of carbonyl (C=O) groups excluding carboxylic acids is 3. The molecule has 0 atom stereocenters. The van der Waals surface area contributed by atoms with Gasteiger partial charge in [0.2, 0.25) is 5.91 Å². The Labute approximate surface area is 240 Å². The molecule has 2 aliphatic heterocycles. The zero-order chi connectivity index (χ0) is 28.5. The van der Waals surface area contributed by atoms with E-state index in [9.17, 15) is 14.4 Å². The third-order valence-electron chi connectivity index (χ3n) is 7.89. The van der Waals surface area contributed by atoms with Gasteiger partial charge in [-0.15, -0.1) is 0 Å². The molecule has 3 aliphatic rings. The molecule has 3 aromatic carbocycles. The standard InChI is InChI=1S/C33H34N4O4/c1-36(2)20-29(38)37-17-16-22-18-24(13-15-28(22)37)34-31(21-8-4-3-5-9-21)30-26-14-12-23(19-27(26)35-32(30)39)33(40)41-25-10-6-7-11-25/h3-5,8-9,12-15,18-19,25,34H,6-7,10-11,16-17,20H2,1-2H3,(H,35,39)/b31-30-. The van der Waals surface area contributed by atoms with Crippen molar-refractivity contribution in [2.45, 2.75) is 38.2 Å². The molecule has 210 valence electrons. The fourth-order valence-corrected chi connectivity index (χ4v) is 5.90. The molecule has 2 N–H and O–H groups in total. The summed E-state index contributed by atoms with van der Waals surface area (Å²) in [6.07, 6.45) is 4.71. The lowest BCUT2D eigenvalue weighted by Gasteiger charge is -2.20. The molecule has 1 saturated carbocycles. The molecule has 2 amide bonds. The molecule has 0 aromatic heterocycles. The Morgan fingerprint density at radius 3 is 2.54 bits per heavy atom. The van der Waals surface area contributed by atoms with Crippen LogP contribution in [0.2, 0.25) is 0 Å². The average Bonchev–Trinajstić information content (AvgIpc) is 3.70. The molecule has 1 fully saturated rings. The van der Waals surface area contributed by atoms with Crippen molar-refractivity contribution in [2.24, 2.45) is 0 Å². The number of ether oxygens (including phenoxy) is 1. The topological polar surface area (TPSA) is 91.0 Å². The van der Waals surface area contributed by atoms with Crippen molar-refractivity contribution in [2.75, 3.05) is 42.7 Å². The summed E-state index contributed by atoms with van der Waals surface area (Å²) in [6, 6.07) is 20.9. The Morgan fingerprint density at radius 2 is 1.78 bits per heavy atom. The fraction of sp³-hybridized carbons (Fsp3) is 0.303. The van der Waals surface area contributed by atoms with E-state index in [1.807, 2.05) is 72.4 Å². The molecular formula is C33H34N4O4. The molecule has 0 saturated heterocycles. The molecule has 8 nitrogen and oxygen atoms in total. The normalized spacial score (nSPS) is 17.3. The fourth-order valence-electron chi connectivity index (χ4n) is 5.90. The van der Waals surface area contributed by atoms with E-state index < -0.39 is 0 Å². The van der Waals surface area contributed by atoms with Crippen LogP contribution in [0.25, 0.3) is 11.3 Å². The van der Waals surface area contributed by atoms with Crippen molar-refractivity contribution >= 4 is 46.1 Å². The summed E-state index contributed by atoms with van der Waals surface area (Å²) in [4.78, 5) is 42.6. The molecule has 0 radical (unpaired) electrons. The lowest BCUT2D eigenvalue weighted by molar-refractivity contribution is -0.119. The summed E-state index contributed by atoms with van der Waals surface area (Å²) in [5.74, 6) is -0.523. The summed E-state index contributed by atoms with van der Waals surface area (Å²) in [7, 11) is 3.78. The number of anilines is 3. The van der Waals surface area contributed by atoms with E-state index in [2.05, 4.69) is 16.7 Å². The van der Waals surface area contributed by atoms with E-state index in [4.69, 9.17) is 4.74 Å². The van der Waals surface area contributed by atoms with Crippen molar-refractivity contribution in [1.82, 2.24) is 4.90 Å².